The van der Waals surface area contributed by atoms with Crippen LogP contribution in [0.2, 0.25) is 5.02 Å². The minimum Gasteiger partial charge on any atom is -0.483 e. The summed E-state index contributed by atoms with van der Waals surface area (Å²) in [6.07, 6.45) is 1.38. The van der Waals surface area contributed by atoms with E-state index in [1.54, 1.807) is 18.2 Å². The summed E-state index contributed by atoms with van der Waals surface area (Å²) in [6, 6.07) is 12.9. The molecular weight excluding hydrogens is 480 g/mol. The number of carbonyl (C=O) groups excluding carboxylic acids is 1. The van der Waals surface area contributed by atoms with Gasteiger partial charge in [-0.15, -0.1) is 0 Å². The van der Waals surface area contributed by atoms with E-state index in [0.29, 0.717) is 41.1 Å². The Kier molecular flexibility index (Phi) is 7.50. The molecule has 5 rings (SSSR count). The van der Waals surface area contributed by atoms with E-state index < -0.39 is 0 Å². The number of hydrogen-bond donors (Lipinski definition) is 2. The van der Waals surface area contributed by atoms with E-state index in [9.17, 15) is 4.79 Å². The number of carbonyl (C=O) groups is 1. The first-order valence-corrected chi connectivity index (χ1v) is 12.5. The van der Waals surface area contributed by atoms with Crippen LogP contribution in [0, 0.1) is 0 Å². The average molecular weight is 509 g/mol. The number of benzene rings is 2. The maximum atomic E-state index is 12.9. The van der Waals surface area contributed by atoms with Gasteiger partial charge in [0.15, 0.2) is 5.82 Å². The zero-order valence-corrected chi connectivity index (χ0v) is 20.9. The minimum atomic E-state index is -0.261. The molecule has 3 heterocycles. The van der Waals surface area contributed by atoms with Crippen LogP contribution in [0.25, 0.3) is 0 Å². The third-order valence-corrected chi connectivity index (χ3v) is 6.65. The average Bonchev–Trinajstić information content (AvgIpc) is 2.91. The van der Waals surface area contributed by atoms with E-state index in [0.717, 1.165) is 45.0 Å². The Labute approximate surface area is 215 Å². The van der Waals surface area contributed by atoms with E-state index in [4.69, 9.17) is 21.1 Å². The first-order valence-electron chi connectivity index (χ1n) is 12.1. The monoisotopic (exact) mass is 508 g/mol. The van der Waals surface area contributed by atoms with Crippen molar-refractivity contribution in [1.29, 1.82) is 0 Å². The van der Waals surface area contributed by atoms with Crippen LogP contribution in [0.3, 0.4) is 0 Å². The number of anilines is 2. The summed E-state index contributed by atoms with van der Waals surface area (Å²) in [5.74, 6) is 1.25. The van der Waals surface area contributed by atoms with Crippen molar-refractivity contribution in [2.24, 2.45) is 0 Å². The van der Waals surface area contributed by atoms with Crippen molar-refractivity contribution in [1.82, 2.24) is 19.8 Å². The number of fused-ring (bicyclic) bond motifs is 1. The van der Waals surface area contributed by atoms with Crippen LogP contribution in [-0.4, -0.2) is 71.6 Å². The fraction of sp³-hybridized carbons (Fsp3) is 0.346. The van der Waals surface area contributed by atoms with Gasteiger partial charge in [0.25, 0.3) is 11.8 Å². The summed E-state index contributed by atoms with van der Waals surface area (Å²) < 4.78 is 11.6. The number of piperazine rings is 1. The molecule has 0 spiro atoms. The predicted molar refractivity (Wildman–Crippen MR) is 139 cm³/mol. The molecule has 10 heteroatoms. The van der Waals surface area contributed by atoms with Gasteiger partial charge in [-0.3, -0.25) is 9.69 Å². The summed E-state index contributed by atoms with van der Waals surface area (Å²) >= 11 is 6.34. The molecular formula is C26H29ClN6O3. The molecule has 2 aliphatic rings. The number of rotatable bonds is 7. The quantitative estimate of drug-likeness (QED) is 0.492. The molecule has 36 heavy (non-hydrogen) atoms. The molecule has 0 radical (unpaired) electrons. The van der Waals surface area contributed by atoms with Crippen molar-refractivity contribution < 1.29 is 14.3 Å². The molecule has 0 saturated carbocycles. The Morgan fingerprint density at radius 1 is 1.11 bits per heavy atom. The van der Waals surface area contributed by atoms with E-state index in [-0.39, 0.29) is 11.8 Å². The number of aromatic nitrogens is 2. The van der Waals surface area contributed by atoms with Gasteiger partial charge in [0.2, 0.25) is 5.75 Å². The van der Waals surface area contributed by atoms with Crippen LogP contribution in [-0.2, 0) is 6.54 Å². The number of ether oxygens (including phenoxy) is 2. The summed E-state index contributed by atoms with van der Waals surface area (Å²) in [6.45, 7) is 9.73. The Bertz CT molecular complexity index is 1210. The second kappa shape index (κ2) is 11.1. The van der Waals surface area contributed by atoms with E-state index in [1.165, 1.54) is 11.9 Å². The van der Waals surface area contributed by atoms with Crippen LogP contribution in [0.15, 0.2) is 48.8 Å². The number of hydrogen-bond acceptors (Lipinski definition) is 8. The van der Waals surface area contributed by atoms with Crippen LogP contribution >= 0.6 is 11.6 Å². The molecule has 2 aromatic carbocycles. The molecule has 0 aliphatic carbocycles. The van der Waals surface area contributed by atoms with Gasteiger partial charge in [0, 0.05) is 44.0 Å². The highest BCUT2D eigenvalue weighted by molar-refractivity contribution is 6.32. The summed E-state index contributed by atoms with van der Waals surface area (Å²) in [5.41, 5.74) is 2.36. The predicted octanol–water partition coefficient (Wildman–Crippen LogP) is 4.12. The number of amides is 1. The van der Waals surface area contributed by atoms with Gasteiger partial charge >= 0.3 is 0 Å². The molecule has 0 atom stereocenters. The summed E-state index contributed by atoms with van der Waals surface area (Å²) in [5, 5.41) is 6.43. The largest absolute Gasteiger partial charge is 0.483 e. The van der Waals surface area contributed by atoms with Crippen molar-refractivity contribution in [3.05, 3.63) is 64.9 Å². The van der Waals surface area contributed by atoms with Gasteiger partial charge in [0.05, 0.1) is 11.6 Å². The van der Waals surface area contributed by atoms with Crippen LogP contribution < -0.4 is 20.1 Å². The van der Waals surface area contributed by atoms with Gasteiger partial charge in [-0.05, 0) is 42.4 Å². The highest BCUT2D eigenvalue weighted by Crippen LogP contribution is 2.38. The summed E-state index contributed by atoms with van der Waals surface area (Å²) in [4.78, 5) is 26.2. The first-order chi connectivity index (χ1) is 17.6. The molecule has 9 nitrogen and oxygen atoms in total. The van der Waals surface area contributed by atoms with Crippen LogP contribution in [0.1, 0.15) is 22.8 Å². The SMILES string of the molecule is CCN1CCN(Cc2ccc(NC(=O)c3ccc(Cl)c(Oc4ncnc5c4OCCN5)c3)cc2)CC1. The lowest BCUT2D eigenvalue weighted by atomic mass is 10.1. The molecule has 0 unspecified atom stereocenters. The molecule has 3 aromatic rings. The minimum absolute atomic E-state index is 0.235. The number of nitrogens with one attached hydrogen (secondary N) is 2. The molecule has 1 fully saturated rings. The third kappa shape index (κ3) is 5.70. The fourth-order valence-electron chi connectivity index (χ4n) is 4.25. The Morgan fingerprint density at radius 2 is 1.89 bits per heavy atom. The maximum Gasteiger partial charge on any atom is 0.268 e. The second-order valence-electron chi connectivity index (χ2n) is 8.74. The van der Waals surface area contributed by atoms with E-state index in [1.807, 2.05) is 12.1 Å². The summed E-state index contributed by atoms with van der Waals surface area (Å²) in [7, 11) is 0. The zero-order valence-electron chi connectivity index (χ0n) is 20.2. The van der Waals surface area contributed by atoms with Crippen molar-refractivity contribution >= 4 is 29.0 Å². The Balaban J connectivity index is 1.22. The molecule has 1 saturated heterocycles. The standard InChI is InChI=1S/C26H29ClN6O3/c1-2-32-10-12-33(13-11-32)16-18-3-6-20(7-4-18)31-25(34)19-5-8-21(27)22(15-19)36-26-23-24(29-17-30-26)28-9-14-35-23/h3-8,15,17H,2,9-14,16H2,1H3,(H,31,34)(H,28,29,30). The highest BCUT2D eigenvalue weighted by atomic mass is 35.5. The van der Waals surface area contributed by atoms with E-state index in [2.05, 4.69) is 49.5 Å². The third-order valence-electron chi connectivity index (χ3n) is 6.34. The smallest absolute Gasteiger partial charge is 0.268 e. The highest BCUT2D eigenvalue weighted by Gasteiger charge is 2.20. The number of likely N-dealkylation sites (N-methyl/N-ethyl adjacent to an activating group) is 1. The van der Waals surface area contributed by atoms with Crippen LogP contribution in [0.4, 0.5) is 11.5 Å². The molecule has 0 bridgehead atoms. The number of nitrogens with zero attached hydrogens (tertiary/aromatic N) is 4. The van der Waals surface area contributed by atoms with Gasteiger partial charge in [-0.2, -0.15) is 4.98 Å². The molecule has 188 valence electrons. The van der Waals surface area contributed by atoms with Crippen LogP contribution in [0.5, 0.6) is 17.4 Å². The van der Waals surface area contributed by atoms with Gasteiger partial charge in [0.1, 0.15) is 18.7 Å². The maximum absolute atomic E-state index is 12.9. The topological polar surface area (TPSA) is 91.9 Å². The van der Waals surface area contributed by atoms with Crippen molar-refractivity contribution in [3.8, 4) is 17.4 Å². The Hall–Kier alpha value is -3.40. The lowest BCUT2D eigenvalue weighted by molar-refractivity contribution is 0.102. The van der Waals surface area contributed by atoms with Gasteiger partial charge < -0.3 is 25.0 Å². The van der Waals surface area contributed by atoms with Crippen molar-refractivity contribution in [2.45, 2.75) is 13.5 Å². The van der Waals surface area contributed by atoms with Gasteiger partial charge in [-0.25, -0.2) is 4.98 Å². The van der Waals surface area contributed by atoms with Crippen molar-refractivity contribution in [2.75, 3.05) is 56.5 Å². The molecule has 1 amide bonds. The zero-order chi connectivity index (χ0) is 24.9. The molecule has 2 aliphatic heterocycles. The van der Waals surface area contributed by atoms with Crippen molar-refractivity contribution in [3.63, 3.8) is 0 Å². The number of halogens is 1. The first kappa shape index (κ1) is 24.3. The lowest BCUT2D eigenvalue weighted by Gasteiger charge is -2.34. The normalized spacial score (nSPS) is 15.9. The lowest BCUT2D eigenvalue weighted by Crippen LogP contribution is -2.45. The van der Waals surface area contributed by atoms with E-state index >= 15 is 0 Å². The Morgan fingerprint density at radius 3 is 2.67 bits per heavy atom. The molecule has 1 aromatic heterocycles. The second-order valence-corrected chi connectivity index (χ2v) is 9.15. The van der Waals surface area contributed by atoms with Gasteiger partial charge in [-0.1, -0.05) is 30.7 Å². The molecule has 2 N–H and O–H groups in total. The fourth-order valence-corrected chi connectivity index (χ4v) is 4.41.